The first-order chi connectivity index (χ1) is 17.1. The number of nitrogens with one attached hydrogen (secondary N) is 1. The molecule has 1 saturated heterocycles. The first kappa shape index (κ1) is 21.6. The normalized spacial score (nSPS) is 17.7. The van der Waals surface area contributed by atoms with Crippen molar-refractivity contribution in [3.8, 4) is 5.69 Å². The van der Waals surface area contributed by atoms with Crippen molar-refractivity contribution in [1.29, 1.82) is 0 Å². The van der Waals surface area contributed by atoms with Crippen LogP contribution in [0, 0.1) is 13.8 Å². The number of fused-ring (bicyclic) bond motifs is 1. The highest BCUT2D eigenvalue weighted by atomic mass is 32.1. The summed E-state index contributed by atoms with van der Waals surface area (Å²) in [4.78, 5) is 6.94. The summed E-state index contributed by atoms with van der Waals surface area (Å²) >= 11 is 5.93. The smallest absolute Gasteiger partial charge is 0.174 e. The predicted molar refractivity (Wildman–Crippen MR) is 147 cm³/mol. The number of benzene rings is 3. The molecule has 172 valence electrons. The van der Waals surface area contributed by atoms with Crippen LogP contribution in [0.5, 0.6) is 0 Å². The number of aromatic nitrogens is 2. The number of anilines is 1. The Kier molecular flexibility index (Phi) is 5.34. The third-order valence-electron chi connectivity index (χ3n) is 6.96. The fourth-order valence-corrected chi connectivity index (χ4v) is 5.35. The van der Waals surface area contributed by atoms with E-state index in [2.05, 4.69) is 114 Å². The number of hydrogen-bond donors (Lipinski definition) is 1. The highest BCUT2D eigenvalue weighted by molar-refractivity contribution is 7.80. The van der Waals surface area contributed by atoms with Gasteiger partial charge in [0.05, 0.1) is 11.7 Å². The molecule has 2 atom stereocenters. The number of pyridine rings is 1. The number of nitrogens with zero attached hydrogens (tertiary/aromatic N) is 3. The molecule has 0 spiro atoms. The molecule has 2 aromatic heterocycles. The van der Waals surface area contributed by atoms with Crippen LogP contribution in [-0.2, 0) is 0 Å². The predicted octanol–water partition coefficient (Wildman–Crippen LogP) is 6.82. The lowest BCUT2D eigenvalue weighted by atomic mass is 10.00. The summed E-state index contributed by atoms with van der Waals surface area (Å²) < 4.78 is 2.27. The monoisotopic (exact) mass is 474 g/mol. The molecule has 5 heteroatoms. The molecular weight excluding hydrogens is 448 g/mol. The van der Waals surface area contributed by atoms with Crippen LogP contribution in [-0.4, -0.2) is 14.7 Å². The molecular formula is C30H26N4S. The number of rotatable bonds is 4. The third kappa shape index (κ3) is 3.78. The van der Waals surface area contributed by atoms with E-state index >= 15 is 0 Å². The molecule has 0 radical (unpaired) electrons. The number of hydrogen-bond acceptors (Lipinski definition) is 2. The van der Waals surface area contributed by atoms with Crippen LogP contribution in [0.15, 0.2) is 103 Å². The van der Waals surface area contributed by atoms with Gasteiger partial charge in [0.1, 0.15) is 6.04 Å². The van der Waals surface area contributed by atoms with E-state index in [1.165, 1.54) is 21.9 Å². The highest BCUT2D eigenvalue weighted by Crippen LogP contribution is 2.42. The Morgan fingerprint density at radius 2 is 1.57 bits per heavy atom. The van der Waals surface area contributed by atoms with Crippen molar-refractivity contribution >= 4 is 33.8 Å². The van der Waals surface area contributed by atoms with Crippen LogP contribution >= 0.6 is 12.2 Å². The largest absolute Gasteiger partial charge is 0.351 e. The van der Waals surface area contributed by atoms with Crippen LogP contribution in [0.4, 0.5) is 5.69 Å². The van der Waals surface area contributed by atoms with Gasteiger partial charge in [-0.1, -0.05) is 42.5 Å². The lowest BCUT2D eigenvalue weighted by Crippen LogP contribution is -2.30. The Morgan fingerprint density at radius 3 is 2.37 bits per heavy atom. The molecule has 5 aromatic rings. The standard InChI is InChI=1S/C30H26N4S/c1-20-12-14-25(18-21(20)2)34-29(28(32-30(34)35)26-10-5-6-16-31-26)27-11-7-17-33(27)24-15-13-22-8-3-4-9-23(22)19-24/h3-19,28-29H,1-2H3,(H,32,35). The summed E-state index contributed by atoms with van der Waals surface area (Å²) in [6.45, 7) is 4.28. The van der Waals surface area contributed by atoms with Crippen LogP contribution in [0.25, 0.3) is 16.5 Å². The average molecular weight is 475 g/mol. The highest BCUT2D eigenvalue weighted by Gasteiger charge is 2.42. The molecule has 1 aliphatic rings. The summed E-state index contributed by atoms with van der Waals surface area (Å²) in [5, 5.41) is 6.74. The van der Waals surface area contributed by atoms with Gasteiger partial charge in [-0.05, 0) is 96.5 Å². The molecule has 0 bridgehead atoms. The summed E-state index contributed by atoms with van der Waals surface area (Å²) in [6, 6.07) is 31.8. The van der Waals surface area contributed by atoms with Crippen LogP contribution in [0.2, 0.25) is 0 Å². The van der Waals surface area contributed by atoms with Crippen molar-refractivity contribution in [2.24, 2.45) is 0 Å². The lowest BCUT2D eigenvalue weighted by molar-refractivity contribution is 0.549. The zero-order chi connectivity index (χ0) is 23.9. The second-order valence-corrected chi connectivity index (χ2v) is 9.49. The van der Waals surface area contributed by atoms with E-state index in [1.807, 2.05) is 18.3 Å². The summed E-state index contributed by atoms with van der Waals surface area (Å²) in [7, 11) is 0. The van der Waals surface area contributed by atoms with Gasteiger partial charge < -0.3 is 14.8 Å². The second-order valence-electron chi connectivity index (χ2n) is 9.10. The molecule has 3 aromatic carbocycles. The Balaban J connectivity index is 1.52. The van der Waals surface area contributed by atoms with Crippen molar-refractivity contribution in [2.75, 3.05) is 4.90 Å². The van der Waals surface area contributed by atoms with E-state index in [-0.39, 0.29) is 12.1 Å². The molecule has 0 aliphatic carbocycles. The Morgan fingerprint density at radius 1 is 0.771 bits per heavy atom. The van der Waals surface area contributed by atoms with Gasteiger partial charge in [-0.15, -0.1) is 0 Å². The van der Waals surface area contributed by atoms with Crippen molar-refractivity contribution in [1.82, 2.24) is 14.9 Å². The van der Waals surface area contributed by atoms with Crippen LogP contribution in [0.3, 0.4) is 0 Å². The van der Waals surface area contributed by atoms with E-state index in [4.69, 9.17) is 17.2 Å². The van der Waals surface area contributed by atoms with Gasteiger partial charge in [0.2, 0.25) is 0 Å². The van der Waals surface area contributed by atoms with E-state index in [0.717, 1.165) is 22.8 Å². The minimum Gasteiger partial charge on any atom is -0.351 e. The van der Waals surface area contributed by atoms with Crippen molar-refractivity contribution < 1.29 is 0 Å². The maximum Gasteiger partial charge on any atom is 0.174 e. The molecule has 1 aliphatic heterocycles. The quantitative estimate of drug-likeness (QED) is 0.290. The molecule has 35 heavy (non-hydrogen) atoms. The van der Waals surface area contributed by atoms with Crippen LogP contribution < -0.4 is 10.2 Å². The van der Waals surface area contributed by atoms with Gasteiger partial charge in [0.15, 0.2) is 5.11 Å². The van der Waals surface area contributed by atoms with E-state index in [9.17, 15) is 0 Å². The Labute approximate surface area is 210 Å². The molecule has 3 heterocycles. The molecule has 1 N–H and O–H groups in total. The van der Waals surface area contributed by atoms with Crippen molar-refractivity contribution in [3.05, 3.63) is 126 Å². The van der Waals surface area contributed by atoms with Gasteiger partial charge >= 0.3 is 0 Å². The first-order valence-electron chi connectivity index (χ1n) is 11.8. The lowest BCUT2D eigenvalue weighted by Gasteiger charge is -2.29. The Hall–Kier alpha value is -3.96. The van der Waals surface area contributed by atoms with Crippen molar-refractivity contribution in [2.45, 2.75) is 25.9 Å². The molecule has 0 amide bonds. The second kappa shape index (κ2) is 8.67. The molecule has 4 nitrogen and oxygen atoms in total. The number of aryl methyl sites for hydroxylation is 2. The summed E-state index contributed by atoms with van der Waals surface area (Å²) in [5.41, 5.74) is 6.85. The average Bonchev–Trinajstić information content (AvgIpc) is 3.50. The Bertz CT molecular complexity index is 1540. The van der Waals surface area contributed by atoms with E-state index in [0.29, 0.717) is 5.11 Å². The van der Waals surface area contributed by atoms with Crippen LogP contribution in [0.1, 0.15) is 34.6 Å². The molecule has 6 rings (SSSR count). The zero-order valence-corrected chi connectivity index (χ0v) is 20.5. The molecule has 0 saturated carbocycles. The summed E-state index contributed by atoms with van der Waals surface area (Å²) in [5.74, 6) is 0. The van der Waals surface area contributed by atoms with Crippen molar-refractivity contribution in [3.63, 3.8) is 0 Å². The van der Waals surface area contributed by atoms with Gasteiger partial charge in [0, 0.05) is 29.5 Å². The van der Waals surface area contributed by atoms with Gasteiger partial charge in [-0.3, -0.25) is 4.98 Å². The van der Waals surface area contributed by atoms with Gasteiger partial charge in [0.25, 0.3) is 0 Å². The minimum absolute atomic E-state index is 0.0685. The summed E-state index contributed by atoms with van der Waals surface area (Å²) in [6.07, 6.45) is 3.98. The zero-order valence-electron chi connectivity index (χ0n) is 19.7. The molecule has 1 fully saturated rings. The van der Waals surface area contributed by atoms with E-state index < -0.39 is 0 Å². The van der Waals surface area contributed by atoms with Gasteiger partial charge in [-0.2, -0.15) is 0 Å². The molecule has 2 unspecified atom stereocenters. The fraction of sp³-hybridized carbons (Fsp3) is 0.133. The maximum absolute atomic E-state index is 5.93. The third-order valence-corrected chi connectivity index (χ3v) is 7.28. The first-order valence-corrected chi connectivity index (χ1v) is 12.3. The minimum atomic E-state index is -0.0839. The maximum atomic E-state index is 5.93. The fourth-order valence-electron chi connectivity index (χ4n) is 5.01. The SMILES string of the molecule is Cc1ccc(N2C(=S)NC(c3ccccn3)C2c2cccn2-c2ccc3ccccc3c2)cc1C. The van der Waals surface area contributed by atoms with E-state index in [1.54, 1.807) is 0 Å². The van der Waals surface area contributed by atoms with Gasteiger partial charge in [-0.25, -0.2) is 0 Å². The number of thiocarbonyl (C=S) groups is 1. The topological polar surface area (TPSA) is 33.1 Å².